The van der Waals surface area contributed by atoms with Gasteiger partial charge in [-0.25, -0.2) is 0 Å². The van der Waals surface area contributed by atoms with Gasteiger partial charge in [0, 0.05) is 24.2 Å². The average Bonchev–Trinajstić information content (AvgIpc) is 3.19. The van der Waals surface area contributed by atoms with Crippen molar-refractivity contribution in [3.63, 3.8) is 0 Å². The van der Waals surface area contributed by atoms with Gasteiger partial charge in [0.2, 0.25) is 0 Å². The molecule has 0 saturated heterocycles. The van der Waals surface area contributed by atoms with Crippen LogP contribution in [0.1, 0.15) is 70.9 Å². The van der Waals surface area contributed by atoms with Gasteiger partial charge in [0.1, 0.15) is 12.4 Å². The average molecular weight is 423 g/mol. The van der Waals surface area contributed by atoms with Crippen molar-refractivity contribution < 1.29 is 19.4 Å². The van der Waals surface area contributed by atoms with Crippen molar-refractivity contribution in [2.24, 2.45) is 0 Å². The normalized spacial score (nSPS) is 24.7. The molecule has 6 nitrogen and oxygen atoms in total. The molecule has 0 aromatic heterocycles. The number of rotatable bonds is 5. The van der Waals surface area contributed by atoms with Crippen LogP contribution < -0.4 is 15.4 Å². The minimum atomic E-state index is -0.412. The second kappa shape index (κ2) is 8.71. The van der Waals surface area contributed by atoms with Crippen LogP contribution in [-0.4, -0.2) is 42.7 Å². The molecule has 1 fully saturated rings. The van der Waals surface area contributed by atoms with E-state index in [0.29, 0.717) is 36.3 Å². The Morgan fingerprint density at radius 2 is 1.81 bits per heavy atom. The van der Waals surface area contributed by atoms with Gasteiger partial charge in [-0.2, -0.15) is 0 Å². The number of fused-ring (bicyclic) bond motifs is 1. The number of nitrogens with one attached hydrogen (secondary N) is 2. The summed E-state index contributed by atoms with van der Waals surface area (Å²) in [5.74, 6) is 0.0911. The van der Waals surface area contributed by atoms with Crippen molar-refractivity contribution in [3.8, 4) is 5.75 Å². The van der Waals surface area contributed by atoms with E-state index >= 15 is 0 Å². The fourth-order valence-corrected chi connectivity index (χ4v) is 4.83. The van der Waals surface area contributed by atoms with Gasteiger partial charge in [-0.05, 0) is 49.8 Å². The van der Waals surface area contributed by atoms with Crippen LogP contribution >= 0.6 is 0 Å². The Labute approximate surface area is 183 Å². The van der Waals surface area contributed by atoms with E-state index in [4.69, 9.17) is 4.74 Å². The number of aliphatic hydroxyl groups is 1. The number of carbonyl (C=O) groups excluding carboxylic acids is 2. The van der Waals surface area contributed by atoms with Crippen molar-refractivity contribution in [3.05, 3.63) is 64.7 Å². The third-order valence-corrected chi connectivity index (χ3v) is 6.76. The van der Waals surface area contributed by atoms with Gasteiger partial charge in [0.25, 0.3) is 11.8 Å². The smallest absolute Gasteiger partial charge is 0.254 e. The van der Waals surface area contributed by atoms with Crippen LogP contribution in [0.3, 0.4) is 0 Å². The van der Waals surface area contributed by atoms with Crippen LogP contribution in [0.4, 0.5) is 0 Å². The Kier molecular flexibility index (Phi) is 6.01. The highest BCUT2D eigenvalue weighted by molar-refractivity contribution is 6.02. The highest BCUT2D eigenvalue weighted by Gasteiger charge is 2.43. The van der Waals surface area contributed by atoms with E-state index < -0.39 is 5.41 Å². The van der Waals surface area contributed by atoms with Gasteiger partial charge >= 0.3 is 0 Å². The van der Waals surface area contributed by atoms with Crippen LogP contribution in [0.25, 0.3) is 0 Å². The Hall–Kier alpha value is -2.86. The molecule has 2 amide bonds. The quantitative estimate of drug-likeness (QED) is 0.691. The number of ether oxygens (including phenoxy) is 1. The summed E-state index contributed by atoms with van der Waals surface area (Å²) in [4.78, 5) is 25.8. The summed E-state index contributed by atoms with van der Waals surface area (Å²) in [6.45, 7) is 2.53. The summed E-state index contributed by atoms with van der Waals surface area (Å²) >= 11 is 0. The van der Waals surface area contributed by atoms with Crippen LogP contribution in [0.2, 0.25) is 0 Å². The maximum atomic E-state index is 13.1. The molecule has 6 heteroatoms. The fourth-order valence-electron chi connectivity index (χ4n) is 4.83. The molecule has 1 aliphatic heterocycles. The maximum absolute atomic E-state index is 13.1. The molecular weight excluding hydrogens is 392 g/mol. The van der Waals surface area contributed by atoms with Gasteiger partial charge in [-0.3, -0.25) is 9.59 Å². The molecule has 1 atom stereocenters. The molecule has 2 aromatic rings. The molecular formula is C25H30N2O4. The molecule has 31 heavy (non-hydrogen) atoms. The zero-order valence-electron chi connectivity index (χ0n) is 18.1. The molecule has 1 heterocycles. The summed E-state index contributed by atoms with van der Waals surface area (Å²) in [5, 5.41) is 15.5. The lowest BCUT2D eigenvalue weighted by atomic mass is 9.73. The summed E-state index contributed by atoms with van der Waals surface area (Å²) in [6, 6.07) is 13.7. The zero-order chi connectivity index (χ0) is 22.0. The van der Waals surface area contributed by atoms with Gasteiger partial charge in [0.05, 0.1) is 17.1 Å². The van der Waals surface area contributed by atoms with Crippen LogP contribution in [0, 0.1) is 0 Å². The summed E-state index contributed by atoms with van der Waals surface area (Å²) < 4.78 is 6.09. The van der Waals surface area contributed by atoms with E-state index in [1.165, 1.54) is 0 Å². The molecule has 0 unspecified atom stereocenters. The van der Waals surface area contributed by atoms with E-state index in [2.05, 4.69) is 29.7 Å². The first-order valence-electron chi connectivity index (χ1n) is 11.1. The van der Waals surface area contributed by atoms with Gasteiger partial charge in [-0.15, -0.1) is 0 Å². The zero-order valence-corrected chi connectivity index (χ0v) is 18.1. The standard InChI is InChI=1S/C25H30N2O4/c1-3-25(17-7-5-4-6-8-17)15-31-22-20(24(30)26-2)13-16(14-21(22)25)23(29)27-18-9-11-19(28)12-10-18/h4-8,13-14,18-19,28H,3,9-12,15H2,1-2H3,(H,26,30)(H,27,29)/t18-,19-,25-/m0/s1. The Balaban J connectivity index is 1.75. The molecule has 2 aliphatic rings. The first-order valence-corrected chi connectivity index (χ1v) is 11.1. The molecule has 0 radical (unpaired) electrons. The Morgan fingerprint density at radius 3 is 2.45 bits per heavy atom. The van der Waals surface area contributed by atoms with Crippen molar-refractivity contribution in [1.82, 2.24) is 10.6 Å². The highest BCUT2D eigenvalue weighted by atomic mass is 16.5. The SMILES string of the molecule is CC[C@@]1(c2ccccc2)COc2c(C(=O)NC)cc(C(=O)N[C@H]3CC[C@H](O)CC3)cc21. The van der Waals surface area contributed by atoms with Gasteiger partial charge in [0.15, 0.2) is 0 Å². The lowest BCUT2D eigenvalue weighted by molar-refractivity contribution is 0.0867. The number of hydrogen-bond acceptors (Lipinski definition) is 4. The molecule has 0 spiro atoms. The molecule has 4 rings (SSSR count). The number of aliphatic hydroxyl groups excluding tert-OH is 1. The first kappa shape index (κ1) is 21.4. The molecule has 1 saturated carbocycles. The van der Waals surface area contributed by atoms with Crippen molar-refractivity contribution in [2.75, 3.05) is 13.7 Å². The molecule has 1 aliphatic carbocycles. The minimum absolute atomic E-state index is 0.0360. The predicted molar refractivity (Wildman–Crippen MR) is 119 cm³/mol. The van der Waals surface area contributed by atoms with E-state index in [9.17, 15) is 14.7 Å². The monoisotopic (exact) mass is 422 g/mol. The molecule has 2 aromatic carbocycles. The molecule has 3 N–H and O–H groups in total. The highest BCUT2D eigenvalue weighted by Crippen LogP contribution is 2.47. The molecule has 0 bridgehead atoms. The Bertz CT molecular complexity index is 967. The number of benzene rings is 2. The van der Waals surface area contributed by atoms with Crippen LogP contribution in [0.5, 0.6) is 5.75 Å². The number of carbonyl (C=O) groups is 2. The van der Waals surface area contributed by atoms with Crippen molar-refractivity contribution >= 4 is 11.8 Å². The lowest BCUT2D eigenvalue weighted by Crippen LogP contribution is -2.38. The van der Waals surface area contributed by atoms with E-state index in [1.54, 1.807) is 13.1 Å². The van der Waals surface area contributed by atoms with Gasteiger partial charge < -0.3 is 20.5 Å². The van der Waals surface area contributed by atoms with Crippen molar-refractivity contribution in [1.29, 1.82) is 0 Å². The minimum Gasteiger partial charge on any atom is -0.491 e. The third kappa shape index (κ3) is 3.92. The fraction of sp³-hybridized carbons (Fsp3) is 0.440. The second-order valence-electron chi connectivity index (χ2n) is 8.55. The largest absolute Gasteiger partial charge is 0.491 e. The van der Waals surface area contributed by atoms with E-state index in [0.717, 1.165) is 30.4 Å². The van der Waals surface area contributed by atoms with E-state index in [-0.39, 0.29) is 24.0 Å². The lowest BCUT2D eigenvalue weighted by Gasteiger charge is -2.28. The number of hydrogen-bond donors (Lipinski definition) is 3. The third-order valence-electron chi connectivity index (χ3n) is 6.76. The van der Waals surface area contributed by atoms with E-state index in [1.807, 2.05) is 24.3 Å². The van der Waals surface area contributed by atoms with Gasteiger partial charge in [-0.1, -0.05) is 37.3 Å². The first-order chi connectivity index (χ1) is 15.0. The second-order valence-corrected chi connectivity index (χ2v) is 8.55. The summed E-state index contributed by atoms with van der Waals surface area (Å²) in [5.41, 5.74) is 2.42. The predicted octanol–water partition coefficient (Wildman–Crippen LogP) is 3.17. The maximum Gasteiger partial charge on any atom is 0.254 e. The molecule has 164 valence electrons. The summed E-state index contributed by atoms with van der Waals surface area (Å²) in [6.07, 6.45) is 3.40. The number of amides is 2. The topological polar surface area (TPSA) is 87.7 Å². The summed E-state index contributed by atoms with van der Waals surface area (Å²) in [7, 11) is 1.58. The van der Waals surface area contributed by atoms with Crippen LogP contribution in [-0.2, 0) is 5.41 Å². The van der Waals surface area contributed by atoms with Crippen LogP contribution in [0.15, 0.2) is 42.5 Å². The Morgan fingerprint density at radius 1 is 1.10 bits per heavy atom. The van der Waals surface area contributed by atoms with Crippen molar-refractivity contribution in [2.45, 2.75) is 56.6 Å².